The minimum absolute atomic E-state index is 0.167. The predicted molar refractivity (Wildman–Crippen MR) is 70.8 cm³/mol. The number of H-pyrrole nitrogens is 1. The van der Waals surface area contributed by atoms with E-state index in [-0.39, 0.29) is 12.2 Å². The molecular formula is C12H11FN4O3. The molecule has 1 amide bonds. The molecule has 0 bridgehead atoms. The molecule has 0 spiro atoms. The average molecular weight is 278 g/mol. The third-order valence-corrected chi connectivity index (χ3v) is 2.48. The van der Waals surface area contributed by atoms with Crippen LogP contribution in [0.3, 0.4) is 0 Å². The summed E-state index contributed by atoms with van der Waals surface area (Å²) < 4.78 is 13.7. The average Bonchev–Trinajstić information content (AvgIpc) is 2.39. The van der Waals surface area contributed by atoms with Gasteiger partial charge in [0.05, 0.1) is 0 Å². The summed E-state index contributed by atoms with van der Waals surface area (Å²) in [6.45, 7) is -0.322. The van der Waals surface area contributed by atoms with Crippen LogP contribution < -0.4 is 22.3 Å². The highest BCUT2D eigenvalue weighted by atomic mass is 19.1. The van der Waals surface area contributed by atoms with Crippen LogP contribution in [-0.4, -0.2) is 15.5 Å². The Morgan fingerprint density at radius 1 is 1.30 bits per heavy atom. The highest BCUT2D eigenvalue weighted by Crippen LogP contribution is 2.08. The molecule has 104 valence electrons. The first kappa shape index (κ1) is 13.5. The standard InChI is InChI=1S/C12H11FN4O3/c13-7-1-3-8(4-2-7)15-10(18)6-17-5-9(14)11(19)16-12(17)20/h1-5H,6,14H2,(H,15,18)(H,16,19,20). The van der Waals surface area contributed by atoms with Crippen LogP contribution in [0.4, 0.5) is 15.8 Å². The Bertz CT molecular complexity index is 749. The van der Waals surface area contributed by atoms with Crippen LogP contribution in [0.5, 0.6) is 0 Å². The lowest BCUT2D eigenvalue weighted by molar-refractivity contribution is -0.116. The smallest absolute Gasteiger partial charge is 0.328 e. The second-order valence-electron chi connectivity index (χ2n) is 4.03. The molecule has 4 N–H and O–H groups in total. The van der Waals surface area contributed by atoms with Gasteiger partial charge >= 0.3 is 5.69 Å². The monoisotopic (exact) mass is 278 g/mol. The van der Waals surface area contributed by atoms with Crippen LogP contribution in [-0.2, 0) is 11.3 Å². The Labute approximate surface area is 111 Å². The molecule has 20 heavy (non-hydrogen) atoms. The van der Waals surface area contributed by atoms with Crippen molar-refractivity contribution in [1.82, 2.24) is 9.55 Å². The number of anilines is 2. The molecule has 1 heterocycles. The van der Waals surface area contributed by atoms with Gasteiger partial charge in [0.15, 0.2) is 0 Å². The van der Waals surface area contributed by atoms with E-state index in [1.54, 1.807) is 0 Å². The molecule has 8 heteroatoms. The fraction of sp³-hybridized carbons (Fsp3) is 0.0833. The molecular weight excluding hydrogens is 267 g/mol. The highest BCUT2D eigenvalue weighted by molar-refractivity contribution is 5.90. The molecule has 2 rings (SSSR count). The molecule has 0 radical (unpaired) electrons. The van der Waals surface area contributed by atoms with Crippen molar-refractivity contribution in [2.75, 3.05) is 11.1 Å². The Hall–Kier alpha value is -2.90. The number of nitrogen functional groups attached to an aromatic ring is 1. The van der Waals surface area contributed by atoms with Crippen molar-refractivity contribution in [3.8, 4) is 0 Å². The first-order valence-electron chi connectivity index (χ1n) is 5.60. The van der Waals surface area contributed by atoms with Crippen molar-refractivity contribution in [3.05, 3.63) is 57.1 Å². The number of rotatable bonds is 3. The van der Waals surface area contributed by atoms with Gasteiger partial charge in [-0.1, -0.05) is 0 Å². The van der Waals surface area contributed by atoms with Gasteiger partial charge in [-0.3, -0.25) is 19.1 Å². The fourth-order valence-electron chi connectivity index (χ4n) is 1.53. The Kier molecular flexibility index (Phi) is 3.65. The number of hydrogen-bond donors (Lipinski definition) is 3. The van der Waals surface area contributed by atoms with E-state index in [0.717, 1.165) is 10.8 Å². The molecule has 0 aliphatic heterocycles. The maximum atomic E-state index is 12.7. The van der Waals surface area contributed by atoms with Crippen LogP contribution in [0.25, 0.3) is 0 Å². The van der Waals surface area contributed by atoms with Crippen LogP contribution in [0, 0.1) is 5.82 Å². The summed E-state index contributed by atoms with van der Waals surface area (Å²) in [4.78, 5) is 36.2. The SMILES string of the molecule is Nc1cn(CC(=O)Nc2ccc(F)cc2)c(=O)[nH]c1=O. The zero-order valence-electron chi connectivity index (χ0n) is 10.2. The van der Waals surface area contributed by atoms with Crippen LogP contribution in [0.2, 0.25) is 0 Å². The Morgan fingerprint density at radius 3 is 2.60 bits per heavy atom. The number of aromatic nitrogens is 2. The van der Waals surface area contributed by atoms with Gasteiger partial charge in [-0.15, -0.1) is 0 Å². The van der Waals surface area contributed by atoms with Gasteiger partial charge in [0.1, 0.15) is 18.0 Å². The first-order chi connectivity index (χ1) is 9.45. The van der Waals surface area contributed by atoms with Gasteiger partial charge in [0.25, 0.3) is 5.56 Å². The molecule has 0 fully saturated rings. The quantitative estimate of drug-likeness (QED) is 0.728. The van der Waals surface area contributed by atoms with E-state index < -0.39 is 23.0 Å². The summed E-state index contributed by atoms with van der Waals surface area (Å²) in [5.41, 5.74) is 4.14. The van der Waals surface area contributed by atoms with E-state index in [4.69, 9.17) is 5.73 Å². The van der Waals surface area contributed by atoms with Gasteiger partial charge < -0.3 is 11.1 Å². The van der Waals surface area contributed by atoms with Crippen molar-refractivity contribution >= 4 is 17.3 Å². The van der Waals surface area contributed by atoms with Crippen molar-refractivity contribution < 1.29 is 9.18 Å². The summed E-state index contributed by atoms with van der Waals surface area (Å²) in [6, 6.07) is 5.16. The minimum atomic E-state index is -0.738. The number of halogens is 1. The highest BCUT2D eigenvalue weighted by Gasteiger charge is 2.07. The number of hydrogen-bond acceptors (Lipinski definition) is 4. The lowest BCUT2D eigenvalue weighted by atomic mass is 10.3. The number of carbonyl (C=O) groups excluding carboxylic acids is 1. The molecule has 0 saturated heterocycles. The van der Waals surface area contributed by atoms with Crippen molar-refractivity contribution in [2.45, 2.75) is 6.54 Å². The van der Waals surface area contributed by atoms with Crippen molar-refractivity contribution in [3.63, 3.8) is 0 Å². The van der Waals surface area contributed by atoms with Crippen LogP contribution in [0.15, 0.2) is 40.1 Å². The summed E-state index contributed by atoms with van der Waals surface area (Å²) in [5, 5.41) is 2.48. The Balaban J connectivity index is 2.12. The number of amides is 1. The fourth-order valence-corrected chi connectivity index (χ4v) is 1.53. The zero-order valence-corrected chi connectivity index (χ0v) is 10.2. The summed E-state index contributed by atoms with van der Waals surface area (Å²) in [6.07, 6.45) is 1.09. The largest absolute Gasteiger partial charge is 0.393 e. The van der Waals surface area contributed by atoms with E-state index in [0.29, 0.717) is 5.69 Å². The molecule has 2 aromatic rings. The summed E-state index contributed by atoms with van der Waals surface area (Å²) in [7, 11) is 0. The molecule has 0 saturated carbocycles. The second-order valence-corrected chi connectivity index (χ2v) is 4.03. The lowest BCUT2D eigenvalue weighted by Gasteiger charge is -2.07. The van der Waals surface area contributed by atoms with Gasteiger partial charge in [0.2, 0.25) is 5.91 Å². The maximum absolute atomic E-state index is 12.7. The van der Waals surface area contributed by atoms with Crippen molar-refractivity contribution in [1.29, 1.82) is 0 Å². The van der Waals surface area contributed by atoms with E-state index >= 15 is 0 Å². The Morgan fingerprint density at radius 2 is 1.95 bits per heavy atom. The third-order valence-electron chi connectivity index (χ3n) is 2.48. The molecule has 0 aliphatic rings. The van der Waals surface area contributed by atoms with E-state index in [9.17, 15) is 18.8 Å². The molecule has 0 atom stereocenters. The number of carbonyl (C=O) groups is 1. The number of nitrogens with zero attached hydrogens (tertiary/aromatic N) is 1. The molecule has 7 nitrogen and oxygen atoms in total. The lowest BCUT2D eigenvalue weighted by Crippen LogP contribution is -2.34. The molecule has 1 aromatic carbocycles. The zero-order chi connectivity index (χ0) is 14.7. The van der Waals surface area contributed by atoms with Crippen LogP contribution >= 0.6 is 0 Å². The van der Waals surface area contributed by atoms with Gasteiger partial charge in [-0.25, -0.2) is 9.18 Å². The maximum Gasteiger partial charge on any atom is 0.328 e. The topological polar surface area (TPSA) is 110 Å². The van der Waals surface area contributed by atoms with Gasteiger partial charge in [-0.2, -0.15) is 0 Å². The molecule has 0 unspecified atom stereocenters. The van der Waals surface area contributed by atoms with Gasteiger partial charge in [-0.05, 0) is 24.3 Å². The number of nitrogens with one attached hydrogen (secondary N) is 2. The predicted octanol–water partition coefficient (Wildman–Crippen LogP) is -0.103. The van der Waals surface area contributed by atoms with E-state index in [1.165, 1.54) is 24.3 Å². The summed E-state index contributed by atoms with van der Waals surface area (Å²) >= 11 is 0. The molecule has 0 aliphatic carbocycles. The number of benzene rings is 1. The molecule has 1 aromatic heterocycles. The number of nitrogens with two attached hydrogens (primary N) is 1. The number of aromatic amines is 1. The van der Waals surface area contributed by atoms with E-state index in [2.05, 4.69) is 5.32 Å². The second kappa shape index (κ2) is 5.39. The normalized spacial score (nSPS) is 10.2. The van der Waals surface area contributed by atoms with Crippen LogP contribution in [0.1, 0.15) is 0 Å². The van der Waals surface area contributed by atoms with Gasteiger partial charge in [0, 0.05) is 11.9 Å². The third kappa shape index (κ3) is 3.10. The van der Waals surface area contributed by atoms with E-state index in [1.807, 2.05) is 4.98 Å². The van der Waals surface area contributed by atoms with Crippen molar-refractivity contribution in [2.24, 2.45) is 0 Å². The first-order valence-corrected chi connectivity index (χ1v) is 5.60. The minimum Gasteiger partial charge on any atom is -0.393 e. The summed E-state index contributed by atoms with van der Waals surface area (Å²) in [5.74, 6) is -0.933.